The van der Waals surface area contributed by atoms with Crippen molar-refractivity contribution in [3.63, 3.8) is 0 Å². The molecule has 0 aromatic rings. The fourth-order valence-corrected chi connectivity index (χ4v) is 4.61. The quantitative estimate of drug-likeness (QED) is 0.550. The van der Waals surface area contributed by atoms with Crippen LogP contribution in [0.5, 0.6) is 0 Å². The maximum Gasteiger partial charge on any atom is 0.128 e. The molecule has 4 heterocycles. The van der Waals surface area contributed by atoms with Crippen molar-refractivity contribution in [1.29, 1.82) is 0 Å². The molecule has 6 nitrogen and oxygen atoms in total. The Labute approximate surface area is 182 Å². The normalized spacial score (nSPS) is 30.6. The Morgan fingerprint density at radius 2 is 2.26 bits per heavy atom. The van der Waals surface area contributed by atoms with Crippen molar-refractivity contribution in [2.75, 3.05) is 33.4 Å². The molecule has 1 N–H and O–H groups in total. The number of amidine groups is 1. The average molecular weight is 423 g/mol. The van der Waals surface area contributed by atoms with Crippen LogP contribution >= 0.6 is 0 Å². The minimum atomic E-state index is -0.783. The third-order valence-electron chi connectivity index (χ3n) is 6.50. The van der Waals surface area contributed by atoms with Crippen molar-refractivity contribution >= 4 is 17.3 Å². The topological polar surface area (TPSA) is 69.8 Å². The highest BCUT2D eigenvalue weighted by Gasteiger charge is 2.48. The van der Waals surface area contributed by atoms with E-state index < -0.39 is 5.60 Å². The molecule has 0 radical (unpaired) electrons. The number of piperidine rings is 1. The third-order valence-corrected chi connectivity index (χ3v) is 6.50. The molecule has 2 atom stereocenters. The summed E-state index contributed by atoms with van der Waals surface area (Å²) in [6.07, 6.45) is 11.9. The van der Waals surface area contributed by atoms with Gasteiger partial charge in [0.15, 0.2) is 0 Å². The number of aliphatic hydroxyl groups is 1. The number of nitrogens with zero attached hydrogens (tertiary/aromatic N) is 4. The maximum absolute atomic E-state index is 15.0. The number of aliphatic imine (C=N–C) groups is 3. The number of likely N-dealkylation sites (tertiary alicyclic amines) is 1. The van der Waals surface area contributed by atoms with E-state index >= 15 is 0 Å². The van der Waals surface area contributed by atoms with E-state index in [1.807, 2.05) is 0 Å². The molecule has 0 amide bonds. The summed E-state index contributed by atoms with van der Waals surface area (Å²) in [4.78, 5) is 15.5. The Bertz CT molecular complexity index is 1020. The molecular formula is C24H27FN4O2. The number of hydrogen-bond acceptors (Lipinski definition) is 6. The van der Waals surface area contributed by atoms with E-state index in [0.29, 0.717) is 49.1 Å². The number of ether oxygens (including phenoxy) is 1. The van der Waals surface area contributed by atoms with Crippen molar-refractivity contribution in [3.05, 3.63) is 41.2 Å². The molecule has 0 aliphatic carbocycles. The molecule has 2 saturated heterocycles. The molecule has 4 aliphatic rings. The van der Waals surface area contributed by atoms with Gasteiger partial charge in [-0.1, -0.05) is 18.6 Å². The van der Waals surface area contributed by atoms with Crippen LogP contribution in [0.25, 0.3) is 0 Å². The van der Waals surface area contributed by atoms with E-state index in [1.165, 1.54) is 12.3 Å². The van der Waals surface area contributed by atoms with Crippen molar-refractivity contribution in [2.24, 2.45) is 26.8 Å². The van der Waals surface area contributed by atoms with Crippen molar-refractivity contribution < 1.29 is 14.2 Å². The van der Waals surface area contributed by atoms with E-state index in [-0.39, 0.29) is 23.9 Å². The lowest BCUT2D eigenvalue weighted by atomic mass is 9.74. The van der Waals surface area contributed by atoms with Crippen LogP contribution < -0.4 is 0 Å². The SMILES string of the molecule is C#CC=C1C(=NC)C=C=CN=C1C1=C(F)CCC(N2CCC(C)C(C3(O)COC3)C2)=N1. The summed E-state index contributed by atoms with van der Waals surface area (Å²) in [7, 11) is 1.64. The van der Waals surface area contributed by atoms with E-state index in [4.69, 9.17) is 16.2 Å². The van der Waals surface area contributed by atoms with Crippen LogP contribution in [0.2, 0.25) is 0 Å². The first-order valence-corrected chi connectivity index (χ1v) is 10.6. The Balaban J connectivity index is 1.66. The molecule has 4 rings (SSSR count). The van der Waals surface area contributed by atoms with Gasteiger partial charge >= 0.3 is 0 Å². The number of terminal acetylenes is 1. The standard InChI is InChI=1S/C24H27FN4O2/c1-4-6-17-20(26-3)7-5-11-27-22(17)23-19(25)8-9-21(28-23)29-12-10-16(2)18(13-29)24(30)14-31-15-24/h1,6-7,11,16,18,30H,8-10,12-15H2,2-3H3. The van der Waals surface area contributed by atoms with Crippen molar-refractivity contribution in [3.8, 4) is 12.3 Å². The van der Waals surface area contributed by atoms with Crippen LogP contribution in [0.15, 0.2) is 56.2 Å². The molecule has 162 valence electrons. The van der Waals surface area contributed by atoms with Crippen LogP contribution in [0, 0.1) is 24.2 Å². The van der Waals surface area contributed by atoms with Crippen LogP contribution in [0.1, 0.15) is 26.2 Å². The van der Waals surface area contributed by atoms with Gasteiger partial charge in [0.05, 0.1) is 25.1 Å². The van der Waals surface area contributed by atoms with Crippen LogP contribution in [0.3, 0.4) is 0 Å². The van der Waals surface area contributed by atoms with Crippen LogP contribution in [-0.2, 0) is 4.74 Å². The Morgan fingerprint density at radius 1 is 1.45 bits per heavy atom. The second-order valence-electron chi connectivity index (χ2n) is 8.45. The van der Waals surface area contributed by atoms with Gasteiger partial charge in [-0.15, -0.1) is 6.42 Å². The predicted molar refractivity (Wildman–Crippen MR) is 120 cm³/mol. The number of halogens is 1. The first kappa shape index (κ1) is 21.5. The average Bonchev–Trinajstić information content (AvgIpc) is 2.95. The fraction of sp³-hybridized carbons (Fsp3) is 0.500. The summed E-state index contributed by atoms with van der Waals surface area (Å²) in [5.74, 6) is 3.48. The zero-order chi connectivity index (χ0) is 22.0. The summed E-state index contributed by atoms with van der Waals surface area (Å²) in [5.41, 5.74) is 3.81. The van der Waals surface area contributed by atoms with E-state index in [1.54, 1.807) is 13.1 Å². The van der Waals surface area contributed by atoms with Gasteiger partial charge in [-0.05, 0) is 18.4 Å². The first-order chi connectivity index (χ1) is 15.0. The Hall–Kier alpha value is -2.78. The van der Waals surface area contributed by atoms with Gasteiger partial charge in [0.1, 0.15) is 28.7 Å². The molecule has 0 aromatic carbocycles. The number of allylic oxidation sites excluding steroid dienone is 4. The predicted octanol–water partition coefficient (Wildman–Crippen LogP) is 2.83. The van der Waals surface area contributed by atoms with Gasteiger partial charge in [0, 0.05) is 50.5 Å². The highest BCUT2D eigenvalue weighted by Crippen LogP contribution is 2.38. The summed E-state index contributed by atoms with van der Waals surface area (Å²) in [5, 5.41) is 10.9. The minimum absolute atomic E-state index is 0.0926. The first-order valence-electron chi connectivity index (χ1n) is 10.6. The molecule has 0 spiro atoms. The van der Waals surface area contributed by atoms with Crippen LogP contribution in [0.4, 0.5) is 4.39 Å². The monoisotopic (exact) mass is 422 g/mol. The second kappa shape index (κ2) is 8.76. The molecule has 31 heavy (non-hydrogen) atoms. The molecule has 7 heteroatoms. The largest absolute Gasteiger partial charge is 0.385 e. The van der Waals surface area contributed by atoms with Gasteiger partial charge in [0.25, 0.3) is 0 Å². The summed E-state index contributed by atoms with van der Waals surface area (Å²) in [6.45, 7) is 4.42. The van der Waals surface area contributed by atoms with E-state index in [9.17, 15) is 9.50 Å². The lowest BCUT2D eigenvalue weighted by molar-refractivity contribution is -0.221. The molecular weight excluding hydrogens is 395 g/mol. The molecule has 0 saturated carbocycles. The van der Waals surface area contributed by atoms with Crippen molar-refractivity contribution in [2.45, 2.75) is 31.8 Å². The zero-order valence-corrected chi connectivity index (χ0v) is 17.9. The molecule has 4 aliphatic heterocycles. The lowest BCUT2D eigenvalue weighted by Crippen LogP contribution is -2.62. The smallest absolute Gasteiger partial charge is 0.128 e. The molecule has 0 bridgehead atoms. The fourth-order valence-electron chi connectivity index (χ4n) is 4.61. The Kier molecular flexibility index (Phi) is 6.06. The van der Waals surface area contributed by atoms with Crippen LogP contribution in [-0.4, -0.2) is 66.2 Å². The molecule has 2 fully saturated rings. The zero-order valence-electron chi connectivity index (χ0n) is 17.9. The minimum Gasteiger partial charge on any atom is -0.385 e. The third kappa shape index (κ3) is 4.07. The molecule has 0 aromatic heterocycles. The Morgan fingerprint density at radius 3 is 2.94 bits per heavy atom. The van der Waals surface area contributed by atoms with Crippen molar-refractivity contribution in [1.82, 2.24) is 4.90 Å². The highest BCUT2D eigenvalue weighted by atomic mass is 19.1. The van der Waals surface area contributed by atoms with Gasteiger partial charge in [-0.25, -0.2) is 14.4 Å². The van der Waals surface area contributed by atoms with Gasteiger partial charge in [-0.3, -0.25) is 4.99 Å². The van der Waals surface area contributed by atoms with E-state index in [2.05, 4.69) is 33.5 Å². The van der Waals surface area contributed by atoms with Gasteiger partial charge in [0.2, 0.25) is 0 Å². The van der Waals surface area contributed by atoms with E-state index in [0.717, 1.165) is 18.8 Å². The molecule has 2 unspecified atom stereocenters. The summed E-state index contributed by atoms with van der Waals surface area (Å²) < 4.78 is 20.3. The second-order valence-corrected chi connectivity index (χ2v) is 8.45. The highest BCUT2D eigenvalue weighted by molar-refractivity contribution is 6.34. The summed E-state index contributed by atoms with van der Waals surface area (Å²) >= 11 is 0. The maximum atomic E-state index is 15.0. The van der Waals surface area contributed by atoms with Gasteiger partial charge < -0.3 is 14.7 Å². The lowest BCUT2D eigenvalue weighted by Gasteiger charge is -2.50. The number of hydrogen-bond donors (Lipinski definition) is 1. The number of rotatable bonds is 2. The summed E-state index contributed by atoms with van der Waals surface area (Å²) in [6, 6.07) is 0. The van der Waals surface area contributed by atoms with Gasteiger partial charge in [-0.2, -0.15) is 0 Å².